The Kier molecular flexibility index (Phi) is 6.67. The lowest BCUT2D eigenvalue weighted by molar-refractivity contribution is -0.134. The maximum absolute atomic E-state index is 13.3. The fraction of sp³-hybridized carbons (Fsp3) is 0.636. The molecule has 2 heterocycles. The van der Waals surface area contributed by atoms with Gasteiger partial charge in [-0.2, -0.15) is 0 Å². The maximum Gasteiger partial charge on any atom is 0.223 e. The smallest absolute Gasteiger partial charge is 0.223 e. The van der Waals surface area contributed by atoms with Crippen molar-refractivity contribution < 1.29 is 19.4 Å². The number of aryl methyl sites for hydroxylation is 1. The molecule has 0 aromatic carbocycles. The number of amides is 1. The molecule has 0 saturated carbocycles. The van der Waals surface area contributed by atoms with Crippen LogP contribution in [0.4, 0.5) is 0 Å². The van der Waals surface area contributed by atoms with Crippen LogP contribution in [-0.4, -0.2) is 59.3 Å². The average molecular weight is 404 g/mol. The number of ether oxygens (including phenoxy) is 2. The van der Waals surface area contributed by atoms with Crippen LogP contribution in [0.15, 0.2) is 29.9 Å². The minimum atomic E-state index is -0.828. The van der Waals surface area contributed by atoms with Gasteiger partial charge in [-0.25, -0.2) is 4.98 Å². The number of aromatic amines is 1. The Hall–Kier alpha value is -2.28. The van der Waals surface area contributed by atoms with Crippen molar-refractivity contribution in [3.63, 3.8) is 0 Å². The van der Waals surface area contributed by atoms with Crippen molar-refractivity contribution in [1.82, 2.24) is 14.9 Å². The van der Waals surface area contributed by atoms with Crippen LogP contribution in [0.1, 0.15) is 44.1 Å². The summed E-state index contributed by atoms with van der Waals surface area (Å²) in [6, 6.07) is 0. The molecule has 1 fully saturated rings. The minimum absolute atomic E-state index is 0.102. The molecule has 7 nitrogen and oxygen atoms in total. The molecule has 7 heteroatoms. The number of carbonyl (C=O) groups excluding carboxylic acids is 1. The quantitative estimate of drug-likeness (QED) is 0.763. The third-order valence-corrected chi connectivity index (χ3v) is 5.96. The molecule has 2 aliphatic rings. The van der Waals surface area contributed by atoms with E-state index in [4.69, 9.17) is 9.47 Å². The summed E-state index contributed by atoms with van der Waals surface area (Å²) in [5.41, 5.74) is 0.829. The molecular formula is C22H33N3O4. The van der Waals surface area contributed by atoms with Crippen molar-refractivity contribution in [2.45, 2.75) is 45.6 Å². The van der Waals surface area contributed by atoms with E-state index in [1.54, 1.807) is 32.6 Å². The number of piperidine rings is 1. The number of likely N-dealkylation sites (tertiary alicyclic amines) is 1. The SMILES string of the molecule is COC1=C[C@@H](O)C(C(CC(=O)N2C[C@H](C)C[C@H](C)C2)c2cnc(C)[nH]2)C(OC)=C1. The van der Waals surface area contributed by atoms with Crippen LogP contribution in [0.2, 0.25) is 0 Å². The van der Waals surface area contributed by atoms with Gasteiger partial charge in [0.1, 0.15) is 17.3 Å². The lowest BCUT2D eigenvalue weighted by Gasteiger charge is -2.37. The molecule has 0 bridgehead atoms. The molecule has 1 aromatic heterocycles. The van der Waals surface area contributed by atoms with Crippen LogP contribution in [0, 0.1) is 24.7 Å². The first-order valence-electron chi connectivity index (χ1n) is 10.3. The van der Waals surface area contributed by atoms with Gasteiger partial charge in [0.25, 0.3) is 0 Å². The molecular weight excluding hydrogens is 370 g/mol. The summed E-state index contributed by atoms with van der Waals surface area (Å²) in [4.78, 5) is 22.8. The molecule has 1 amide bonds. The number of rotatable bonds is 6. The van der Waals surface area contributed by atoms with E-state index >= 15 is 0 Å². The standard InChI is InChI=1S/C22H33N3O4/c1-13-6-14(2)12-25(11-13)21(27)9-17(18-10-23-15(3)24-18)22-19(26)7-16(28-4)8-20(22)29-5/h7-8,10,13-14,17,19,22,26H,6,9,11-12H2,1-5H3,(H,23,24)/t13-,14+,17?,19-,22?/m1/s1. The molecule has 29 heavy (non-hydrogen) atoms. The molecule has 1 saturated heterocycles. The molecule has 5 atom stereocenters. The Bertz CT molecular complexity index is 775. The number of aliphatic hydroxyl groups is 1. The second-order valence-corrected chi connectivity index (χ2v) is 8.52. The van der Waals surface area contributed by atoms with Crippen molar-refractivity contribution in [1.29, 1.82) is 0 Å². The molecule has 1 aromatic rings. The molecule has 1 aliphatic carbocycles. The Morgan fingerprint density at radius 2 is 2.00 bits per heavy atom. The van der Waals surface area contributed by atoms with Gasteiger partial charge in [0.2, 0.25) is 5.91 Å². The van der Waals surface area contributed by atoms with E-state index in [-0.39, 0.29) is 18.2 Å². The highest BCUT2D eigenvalue weighted by Gasteiger charge is 2.39. The molecule has 0 spiro atoms. The number of imidazole rings is 1. The van der Waals surface area contributed by atoms with Crippen molar-refractivity contribution >= 4 is 5.91 Å². The van der Waals surface area contributed by atoms with Crippen molar-refractivity contribution in [3.8, 4) is 0 Å². The predicted octanol–water partition coefficient (Wildman–Crippen LogP) is 2.75. The lowest BCUT2D eigenvalue weighted by atomic mass is 9.78. The summed E-state index contributed by atoms with van der Waals surface area (Å²) in [5, 5.41) is 10.9. The topological polar surface area (TPSA) is 87.7 Å². The summed E-state index contributed by atoms with van der Waals surface area (Å²) in [6.45, 7) is 7.83. The highest BCUT2D eigenvalue weighted by Crippen LogP contribution is 2.39. The number of H-pyrrole nitrogens is 1. The molecule has 2 N–H and O–H groups in total. The molecule has 1 aliphatic heterocycles. The van der Waals surface area contributed by atoms with Gasteiger partial charge in [0.15, 0.2) is 0 Å². The van der Waals surface area contributed by atoms with Crippen LogP contribution in [0.3, 0.4) is 0 Å². The van der Waals surface area contributed by atoms with E-state index in [9.17, 15) is 9.90 Å². The summed E-state index contributed by atoms with van der Waals surface area (Å²) >= 11 is 0. The molecule has 2 unspecified atom stereocenters. The molecule has 0 radical (unpaired) electrons. The normalized spacial score (nSPS) is 28.4. The summed E-state index contributed by atoms with van der Waals surface area (Å²) < 4.78 is 10.9. The van der Waals surface area contributed by atoms with Crippen LogP contribution < -0.4 is 0 Å². The predicted molar refractivity (Wildman–Crippen MR) is 110 cm³/mol. The van der Waals surface area contributed by atoms with Gasteiger partial charge in [0.05, 0.1) is 26.2 Å². The average Bonchev–Trinajstić information content (AvgIpc) is 3.11. The van der Waals surface area contributed by atoms with Crippen molar-refractivity contribution in [2.24, 2.45) is 17.8 Å². The van der Waals surface area contributed by atoms with Gasteiger partial charge in [-0.05, 0) is 31.3 Å². The number of carbonyl (C=O) groups is 1. The van der Waals surface area contributed by atoms with Crippen LogP contribution in [0.5, 0.6) is 0 Å². The van der Waals surface area contributed by atoms with E-state index in [1.807, 2.05) is 11.8 Å². The lowest BCUT2D eigenvalue weighted by Crippen LogP contribution is -2.44. The minimum Gasteiger partial charge on any atom is -0.501 e. The second kappa shape index (κ2) is 9.03. The number of methoxy groups -OCH3 is 2. The highest BCUT2D eigenvalue weighted by molar-refractivity contribution is 5.77. The zero-order chi connectivity index (χ0) is 21.1. The van der Waals surface area contributed by atoms with E-state index in [0.29, 0.717) is 23.4 Å². The second-order valence-electron chi connectivity index (χ2n) is 8.52. The van der Waals surface area contributed by atoms with Crippen LogP contribution in [-0.2, 0) is 14.3 Å². The first-order chi connectivity index (χ1) is 13.8. The van der Waals surface area contributed by atoms with Crippen LogP contribution in [0.25, 0.3) is 0 Å². The van der Waals surface area contributed by atoms with Gasteiger partial charge in [-0.3, -0.25) is 4.79 Å². The Morgan fingerprint density at radius 1 is 1.31 bits per heavy atom. The van der Waals surface area contributed by atoms with Gasteiger partial charge in [-0.15, -0.1) is 0 Å². The number of nitrogens with one attached hydrogen (secondary N) is 1. The first kappa shape index (κ1) is 21.4. The van der Waals surface area contributed by atoms with E-state index in [1.165, 1.54) is 0 Å². The monoisotopic (exact) mass is 403 g/mol. The number of nitrogens with zero attached hydrogens (tertiary/aromatic N) is 2. The fourth-order valence-corrected chi connectivity index (χ4v) is 4.73. The van der Waals surface area contributed by atoms with E-state index < -0.39 is 12.0 Å². The molecule has 160 valence electrons. The fourth-order valence-electron chi connectivity index (χ4n) is 4.73. The van der Waals surface area contributed by atoms with Gasteiger partial charge < -0.3 is 24.5 Å². The number of allylic oxidation sites excluding steroid dienone is 1. The van der Waals surface area contributed by atoms with E-state index in [2.05, 4.69) is 23.8 Å². The van der Waals surface area contributed by atoms with Crippen molar-refractivity contribution in [2.75, 3.05) is 27.3 Å². The Balaban J connectivity index is 1.89. The first-order valence-corrected chi connectivity index (χ1v) is 10.3. The van der Waals surface area contributed by atoms with Gasteiger partial charge >= 0.3 is 0 Å². The number of aromatic nitrogens is 2. The third-order valence-electron chi connectivity index (χ3n) is 5.96. The number of hydrogen-bond donors (Lipinski definition) is 2. The largest absolute Gasteiger partial charge is 0.501 e. The third kappa shape index (κ3) is 4.83. The van der Waals surface area contributed by atoms with E-state index in [0.717, 1.165) is 31.0 Å². The van der Waals surface area contributed by atoms with Gasteiger partial charge in [0, 0.05) is 43.4 Å². The number of aliphatic hydroxyl groups excluding tert-OH is 1. The number of hydrogen-bond acceptors (Lipinski definition) is 5. The molecule has 3 rings (SSSR count). The Labute approximate surface area is 172 Å². The maximum atomic E-state index is 13.3. The summed E-state index contributed by atoms with van der Waals surface area (Å²) in [6.07, 6.45) is 5.80. The Morgan fingerprint density at radius 3 is 2.55 bits per heavy atom. The summed E-state index contributed by atoms with van der Waals surface area (Å²) in [5.74, 6) is 2.34. The van der Waals surface area contributed by atoms with Crippen LogP contribution >= 0.6 is 0 Å². The highest BCUT2D eigenvalue weighted by atomic mass is 16.5. The summed E-state index contributed by atoms with van der Waals surface area (Å²) in [7, 11) is 3.13. The van der Waals surface area contributed by atoms with Gasteiger partial charge in [-0.1, -0.05) is 13.8 Å². The zero-order valence-electron chi connectivity index (χ0n) is 18.0. The zero-order valence-corrected chi connectivity index (χ0v) is 18.0. The van der Waals surface area contributed by atoms with Crippen molar-refractivity contribution in [3.05, 3.63) is 41.4 Å².